The molecule has 0 aliphatic carbocycles. The van der Waals surface area contributed by atoms with Gasteiger partial charge in [0.2, 0.25) is 5.91 Å². The second kappa shape index (κ2) is 6.94. The molecule has 1 N–H and O–H groups in total. The van der Waals surface area contributed by atoms with Crippen LogP contribution < -0.4 is 5.32 Å². The van der Waals surface area contributed by atoms with Crippen LogP contribution in [-0.4, -0.2) is 5.91 Å². The van der Waals surface area contributed by atoms with Crippen molar-refractivity contribution in [2.24, 2.45) is 5.11 Å². The van der Waals surface area contributed by atoms with E-state index < -0.39 is 0 Å². The van der Waals surface area contributed by atoms with Gasteiger partial charge in [-0.2, -0.15) is 0 Å². The third kappa shape index (κ3) is 4.74. The van der Waals surface area contributed by atoms with E-state index >= 15 is 0 Å². The van der Waals surface area contributed by atoms with Gasteiger partial charge in [-0.15, -0.1) is 12.3 Å². The van der Waals surface area contributed by atoms with Gasteiger partial charge in [0.25, 0.3) is 0 Å². The smallest absolute Gasteiger partial charge is 0.225 e. The summed E-state index contributed by atoms with van der Waals surface area (Å²) >= 11 is 0. The Balaban J connectivity index is 2.53. The number of azide groups is 1. The zero-order chi connectivity index (χ0) is 12.5. The predicted molar refractivity (Wildman–Crippen MR) is 66.0 cm³/mol. The molecule has 0 radical (unpaired) electrons. The summed E-state index contributed by atoms with van der Waals surface area (Å²) in [5.74, 6) is 2.30. The highest BCUT2D eigenvalue weighted by Crippen LogP contribution is 2.11. The van der Waals surface area contributed by atoms with Crippen molar-refractivity contribution in [3.8, 4) is 12.3 Å². The highest BCUT2D eigenvalue weighted by molar-refractivity contribution is 5.90. The number of anilines is 1. The number of terminal acetylenes is 1. The van der Waals surface area contributed by atoms with Crippen LogP contribution in [0.2, 0.25) is 0 Å². The van der Waals surface area contributed by atoms with Gasteiger partial charge in [-0.3, -0.25) is 4.79 Å². The number of rotatable bonds is 5. The summed E-state index contributed by atoms with van der Waals surface area (Å²) < 4.78 is 0. The average molecular weight is 228 g/mol. The van der Waals surface area contributed by atoms with Crippen LogP contribution in [0, 0.1) is 12.3 Å². The molecule has 0 bridgehead atoms. The van der Waals surface area contributed by atoms with Crippen LogP contribution in [-0.2, 0) is 11.3 Å². The minimum absolute atomic E-state index is 0.106. The van der Waals surface area contributed by atoms with Crippen LogP contribution >= 0.6 is 0 Å². The van der Waals surface area contributed by atoms with Gasteiger partial charge in [-0.25, -0.2) is 0 Å². The molecule has 0 saturated heterocycles. The molecule has 5 heteroatoms. The van der Waals surface area contributed by atoms with Crippen LogP contribution in [0.15, 0.2) is 29.4 Å². The summed E-state index contributed by atoms with van der Waals surface area (Å²) in [6.45, 7) is 0.307. The minimum atomic E-state index is -0.106. The van der Waals surface area contributed by atoms with Crippen molar-refractivity contribution in [1.29, 1.82) is 0 Å². The number of nitrogens with zero attached hydrogens (tertiary/aromatic N) is 3. The van der Waals surface area contributed by atoms with E-state index in [9.17, 15) is 4.79 Å². The number of carbonyl (C=O) groups is 1. The third-order valence-electron chi connectivity index (χ3n) is 2.05. The van der Waals surface area contributed by atoms with Crippen LogP contribution in [0.3, 0.4) is 0 Å². The fraction of sp³-hybridized carbons (Fsp3) is 0.250. The Bertz CT molecular complexity index is 466. The number of benzene rings is 1. The lowest BCUT2D eigenvalue weighted by molar-refractivity contribution is -0.116. The summed E-state index contributed by atoms with van der Waals surface area (Å²) in [6, 6.07) is 7.11. The second-order valence-electron chi connectivity index (χ2n) is 3.34. The van der Waals surface area contributed by atoms with Crippen molar-refractivity contribution in [2.75, 3.05) is 5.32 Å². The Labute approximate surface area is 99.5 Å². The number of hydrogen-bond acceptors (Lipinski definition) is 2. The molecule has 0 heterocycles. The van der Waals surface area contributed by atoms with E-state index in [1.807, 2.05) is 0 Å². The maximum atomic E-state index is 11.4. The van der Waals surface area contributed by atoms with Crippen molar-refractivity contribution < 1.29 is 4.79 Å². The first-order valence-corrected chi connectivity index (χ1v) is 5.09. The summed E-state index contributed by atoms with van der Waals surface area (Å²) in [6.07, 6.45) is 5.81. The molecule has 1 aromatic rings. The van der Waals surface area contributed by atoms with E-state index in [4.69, 9.17) is 12.0 Å². The van der Waals surface area contributed by atoms with Crippen LogP contribution in [0.5, 0.6) is 0 Å². The van der Waals surface area contributed by atoms with Crippen molar-refractivity contribution in [3.05, 3.63) is 40.3 Å². The molecule has 0 aliphatic heterocycles. The fourth-order valence-corrected chi connectivity index (χ4v) is 1.22. The van der Waals surface area contributed by atoms with Crippen molar-refractivity contribution in [2.45, 2.75) is 19.4 Å². The van der Waals surface area contributed by atoms with E-state index in [0.717, 1.165) is 5.56 Å². The van der Waals surface area contributed by atoms with E-state index in [1.54, 1.807) is 24.3 Å². The van der Waals surface area contributed by atoms with Gasteiger partial charge in [0, 0.05) is 23.4 Å². The molecule has 1 rings (SSSR count). The first kappa shape index (κ1) is 12.6. The molecule has 0 atom stereocenters. The highest BCUT2D eigenvalue weighted by atomic mass is 16.1. The van der Waals surface area contributed by atoms with Gasteiger partial charge in [-0.1, -0.05) is 17.2 Å². The van der Waals surface area contributed by atoms with E-state index in [0.29, 0.717) is 25.1 Å². The van der Waals surface area contributed by atoms with Gasteiger partial charge >= 0.3 is 0 Å². The van der Waals surface area contributed by atoms with Crippen LogP contribution in [0.25, 0.3) is 10.4 Å². The summed E-state index contributed by atoms with van der Waals surface area (Å²) in [4.78, 5) is 14.0. The molecule has 0 spiro atoms. The zero-order valence-electron chi connectivity index (χ0n) is 9.26. The lowest BCUT2D eigenvalue weighted by Gasteiger charge is -2.04. The van der Waals surface area contributed by atoms with Gasteiger partial charge < -0.3 is 5.32 Å². The quantitative estimate of drug-likeness (QED) is 0.357. The largest absolute Gasteiger partial charge is 0.326 e. The molecular formula is C12H12N4O. The number of nitrogens with one attached hydrogen (secondary N) is 1. The molecule has 0 aliphatic rings. The van der Waals surface area contributed by atoms with E-state index in [1.165, 1.54) is 0 Å². The molecule has 0 saturated carbocycles. The van der Waals surface area contributed by atoms with Gasteiger partial charge in [-0.05, 0) is 23.2 Å². The third-order valence-corrected chi connectivity index (χ3v) is 2.05. The van der Waals surface area contributed by atoms with Gasteiger partial charge in [0.15, 0.2) is 0 Å². The topological polar surface area (TPSA) is 77.9 Å². The zero-order valence-corrected chi connectivity index (χ0v) is 9.26. The lowest BCUT2D eigenvalue weighted by atomic mass is 10.2. The maximum Gasteiger partial charge on any atom is 0.225 e. The summed E-state index contributed by atoms with van der Waals surface area (Å²) in [5.41, 5.74) is 9.77. The maximum absolute atomic E-state index is 11.4. The van der Waals surface area contributed by atoms with Gasteiger partial charge in [0.05, 0.1) is 6.54 Å². The molecular weight excluding hydrogens is 216 g/mol. The van der Waals surface area contributed by atoms with Crippen molar-refractivity contribution in [1.82, 2.24) is 0 Å². The van der Waals surface area contributed by atoms with Crippen LogP contribution in [0.1, 0.15) is 18.4 Å². The monoisotopic (exact) mass is 228 g/mol. The van der Waals surface area contributed by atoms with E-state index in [-0.39, 0.29) is 5.91 Å². The molecule has 0 fully saturated rings. The Morgan fingerprint density at radius 1 is 1.47 bits per heavy atom. The molecule has 5 nitrogen and oxygen atoms in total. The minimum Gasteiger partial charge on any atom is -0.326 e. The first-order chi connectivity index (χ1) is 8.26. The SMILES string of the molecule is C#CCCC(=O)Nc1ccc(CN=[N+]=[N-])cc1. The van der Waals surface area contributed by atoms with Crippen LogP contribution in [0.4, 0.5) is 5.69 Å². The molecule has 17 heavy (non-hydrogen) atoms. The summed E-state index contributed by atoms with van der Waals surface area (Å²) in [5, 5.41) is 6.17. The highest BCUT2D eigenvalue weighted by Gasteiger charge is 2.00. The molecule has 86 valence electrons. The second-order valence-corrected chi connectivity index (χ2v) is 3.34. The molecule has 1 aromatic carbocycles. The van der Waals surface area contributed by atoms with Crippen molar-refractivity contribution >= 4 is 11.6 Å². The standard InChI is InChI=1S/C12H12N4O/c1-2-3-4-12(17)15-11-7-5-10(6-8-11)9-14-16-13/h1,5-8H,3-4,9H2,(H,15,17). The number of amides is 1. The Morgan fingerprint density at radius 3 is 2.76 bits per heavy atom. The average Bonchev–Trinajstić information content (AvgIpc) is 2.35. The number of carbonyl (C=O) groups excluding carboxylic acids is 1. The first-order valence-electron chi connectivity index (χ1n) is 5.09. The van der Waals surface area contributed by atoms with E-state index in [2.05, 4.69) is 21.3 Å². The van der Waals surface area contributed by atoms with Crippen molar-refractivity contribution in [3.63, 3.8) is 0 Å². The molecule has 1 amide bonds. The fourth-order valence-electron chi connectivity index (χ4n) is 1.22. The Kier molecular flexibility index (Phi) is 5.15. The Hall–Kier alpha value is -2.44. The number of hydrogen-bond donors (Lipinski definition) is 1. The summed E-state index contributed by atoms with van der Waals surface area (Å²) in [7, 11) is 0. The van der Waals surface area contributed by atoms with Gasteiger partial charge in [0.1, 0.15) is 0 Å². The Morgan fingerprint density at radius 2 is 2.18 bits per heavy atom. The lowest BCUT2D eigenvalue weighted by Crippen LogP contribution is -2.10. The normalized spacial score (nSPS) is 8.88. The molecule has 0 unspecified atom stereocenters. The predicted octanol–water partition coefficient (Wildman–Crippen LogP) is 2.85. The molecule has 0 aromatic heterocycles.